The molecule has 0 N–H and O–H groups in total. The first-order chi connectivity index (χ1) is 8.29. The summed E-state index contributed by atoms with van der Waals surface area (Å²) < 4.78 is 0. The quantitative estimate of drug-likeness (QED) is 0.794. The number of rotatable bonds is 4. The first-order valence-electron chi connectivity index (χ1n) is 6.72. The minimum absolute atomic E-state index is 0.288. The normalized spacial score (nSPS) is 24.9. The SMILES string of the molecule is CCC1CCC(=O)C(CCc2ccccn2)C1. The lowest BCUT2D eigenvalue weighted by Crippen LogP contribution is -2.25. The zero-order valence-electron chi connectivity index (χ0n) is 10.6. The van der Waals surface area contributed by atoms with Crippen LogP contribution in [-0.2, 0) is 11.2 Å². The van der Waals surface area contributed by atoms with Gasteiger partial charge in [0.1, 0.15) is 5.78 Å². The topological polar surface area (TPSA) is 30.0 Å². The maximum atomic E-state index is 11.9. The largest absolute Gasteiger partial charge is 0.299 e. The highest BCUT2D eigenvalue weighted by atomic mass is 16.1. The monoisotopic (exact) mass is 231 g/mol. The maximum absolute atomic E-state index is 11.9. The zero-order chi connectivity index (χ0) is 12.1. The van der Waals surface area contributed by atoms with Crippen molar-refractivity contribution >= 4 is 5.78 Å². The van der Waals surface area contributed by atoms with Gasteiger partial charge in [0.2, 0.25) is 0 Å². The molecule has 1 aliphatic carbocycles. The van der Waals surface area contributed by atoms with E-state index in [0.29, 0.717) is 5.78 Å². The lowest BCUT2D eigenvalue weighted by molar-refractivity contribution is -0.125. The molecule has 1 aromatic rings. The Morgan fingerprint density at radius 2 is 2.29 bits per heavy atom. The van der Waals surface area contributed by atoms with Crippen LogP contribution in [0.3, 0.4) is 0 Å². The molecule has 0 bridgehead atoms. The van der Waals surface area contributed by atoms with E-state index in [1.54, 1.807) is 0 Å². The molecular formula is C15H21NO. The molecular weight excluding hydrogens is 210 g/mol. The average molecular weight is 231 g/mol. The van der Waals surface area contributed by atoms with Gasteiger partial charge in [-0.25, -0.2) is 0 Å². The molecule has 2 rings (SSSR count). The smallest absolute Gasteiger partial charge is 0.136 e. The highest BCUT2D eigenvalue weighted by molar-refractivity contribution is 5.81. The predicted molar refractivity (Wildman–Crippen MR) is 68.7 cm³/mol. The molecule has 1 fully saturated rings. The molecule has 0 saturated heterocycles. The van der Waals surface area contributed by atoms with Crippen LogP contribution in [0.25, 0.3) is 0 Å². The van der Waals surface area contributed by atoms with Crippen LogP contribution < -0.4 is 0 Å². The van der Waals surface area contributed by atoms with Crippen molar-refractivity contribution in [2.45, 2.75) is 45.4 Å². The first-order valence-corrected chi connectivity index (χ1v) is 6.72. The van der Waals surface area contributed by atoms with Gasteiger partial charge in [0.05, 0.1) is 0 Å². The van der Waals surface area contributed by atoms with Crippen LogP contribution in [0.5, 0.6) is 0 Å². The maximum Gasteiger partial charge on any atom is 0.136 e. The van der Waals surface area contributed by atoms with Crippen molar-refractivity contribution in [2.24, 2.45) is 11.8 Å². The molecule has 0 aliphatic heterocycles. The van der Waals surface area contributed by atoms with Crippen LogP contribution >= 0.6 is 0 Å². The number of aromatic nitrogens is 1. The predicted octanol–water partition coefficient (Wildman–Crippen LogP) is 3.41. The van der Waals surface area contributed by atoms with E-state index in [-0.39, 0.29) is 5.92 Å². The average Bonchev–Trinajstić information content (AvgIpc) is 2.39. The highest BCUT2D eigenvalue weighted by Crippen LogP contribution is 2.31. The molecule has 0 amide bonds. The first kappa shape index (κ1) is 12.3. The Labute approximate surface area is 103 Å². The Bertz CT molecular complexity index is 360. The van der Waals surface area contributed by atoms with Crippen LogP contribution in [0.4, 0.5) is 0 Å². The fourth-order valence-electron chi connectivity index (χ4n) is 2.72. The summed E-state index contributed by atoms with van der Waals surface area (Å²) in [6, 6.07) is 5.99. The van der Waals surface area contributed by atoms with Crippen molar-refractivity contribution in [3.8, 4) is 0 Å². The Hall–Kier alpha value is -1.18. The Balaban J connectivity index is 1.87. The Morgan fingerprint density at radius 1 is 1.41 bits per heavy atom. The third kappa shape index (κ3) is 3.39. The van der Waals surface area contributed by atoms with Crippen LogP contribution in [0.15, 0.2) is 24.4 Å². The number of hydrogen-bond acceptors (Lipinski definition) is 2. The summed E-state index contributed by atoms with van der Waals surface area (Å²) in [6.07, 6.45) is 7.96. The van der Waals surface area contributed by atoms with Gasteiger partial charge in [-0.3, -0.25) is 9.78 Å². The van der Waals surface area contributed by atoms with E-state index >= 15 is 0 Å². The van der Waals surface area contributed by atoms with Crippen molar-refractivity contribution in [3.63, 3.8) is 0 Å². The standard InChI is InChI=1S/C15H21NO/c1-2-12-6-9-15(17)13(11-12)7-8-14-5-3-4-10-16-14/h3-5,10,12-13H,2,6-9,11H2,1H3. The number of carbonyl (C=O) groups is 1. The van der Waals surface area contributed by atoms with Gasteiger partial charge >= 0.3 is 0 Å². The summed E-state index contributed by atoms with van der Waals surface area (Å²) in [5.41, 5.74) is 1.11. The van der Waals surface area contributed by atoms with Crippen molar-refractivity contribution in [3.05, 3.63) is 30.1 Å². The molecule has 1 aliphatic rings. The van der Waals surface area contributed by atoms with Gasteiger partial charge < -0.3 is 0 Å². The van der Waals surface area contributed by atoms with Crippen LogP contribution in [0, 0.1) is 11.8 Å². The number of pyridine rings is 1. The fraction of sp³-hybridized carbons (Fsp3) is 0.600. The number of Topliss-reactive ketones (excluding diaryl/α,β-unsaturated/α-hetero) is 1. The number of nitrogens with zero attached hydrogens (tertiary/aromatic N) is 1. The molecule has 0 radical (unpaired) electrons. The number of hydrogen-bond donors (Lipinski definition) is 0. The third-order valence-corrected chi connectivity index (χ3v) is 3.92. The second-order valence-corrected chi connectivity index (χ2v) is 5.07. The van der Waals surface area contributed by atoms with Crippen molar-refractivity contribution in [1.82, 2.24) is 4.98 Å². The summed E-state index contributed by atoms with van der Waals surface area (Å²) in [4.78, 5) is 16.2. The van der Waals surface area contributed by atoms with E-state index in [4.69, 9.17) is 0 Å². The molecule has 1 aromatic heterocycles. The van der Waals surface area contributed by atoms with Gasteiger partial charge in [-0.15, -0.1) is 0 Å². The number of aryl methyl sites for hydroxylation is 1. The van der Waals surface area contributed by atoms with Crippen LogP contribution in [-0.4, -0.2) is 10.8 Å². The molecule has 92 valence electrons. The molecule has 0 aromatic carbocycles. The number of carbonyl (C=O) groups excluding carboxylic acids is 1. The van der Waals surface area contributed by atoms with Gasteiger partial charge in [0, 0.05) is 24.2 Å². The summed E-state index contributed by atoms with van der Waals surface area (Å²) in [7, 11) is 0. The lowest BCUT2D eigenvalue weighted by atomic mass is 9.77. The van der Waals surface area contributed by atoms with E-state index in [1.807, 2.05) is 24.4 Å². The molecule has 1 heterocycles. The molecule has 2 nitrogen and oxygen atoms in total. The van der Waals surface area contributed by atoms with Gasteiger partial charge in [-0.05, 0) is 43.7 Å². The van der Waals surface area contributed by atoms with Crippen LogP contribution in [0.1, 0.15) is 44.7 Å². The minimum atomic E-state index is 0.288. The summed E-state index contributed by atoms with van der Waals surface area (Å²) in [5.74, 6) is 1.53. The van der Waals surface area contributed by atoms with Gasteiger partial charge in [0.25, 0.3) is 0 Å². The second kappa shape index (κ2) is 5.95. The van der Waals surface area contributed by atoms with Gasteiger partial charge in [-0.2, -0.15) is 0 Å². The van der Waals surface area contributed by atoms with Gasteiger partial charge in [0.15, 0.2) is 0 Å². The lowest BCUT2D eigenvalue weighted by Gasteiger charge is -2.27. The van der Waals surface area contributed by atoms with Gasteiger partial charge in [-0.1, -0.05) is 19.4 Å². The van der Waals surface area contributed by atoms with Crippen LogP contribution in [0.2, 0.25) is 0 Å². The van der Waals surface area contributed by atoms with Crippen molar-refractivity contribution in [2.75, 3.05) is 0 Å². The summed E-state index contributed by atoms with van der Waals surface area (Å²) >= 11 is 0. The van der Waals surface area contributed by atoms with E-state index in [2.05, 4.69) is 11.9 Å². The number of ketones is 1. The summed E-state index contributed by atoms with van der Waals surface area (Å²) in [6.45, 7) is 2.23. The third-order valence-electron chi connectivity index (χ3n) is 3.92. The molecule has 2 heteroatoms. The molecule has 2 atom stereocenters. The van der Waals surface area contributed by atoms with E-state index < -0.39 is 0 Å². The molecule has 2 unspecified atom stereocenters. The van der Waals surface area contributed by atoms with Crippen molar-refractivity contribution < 1.29 is 4.79 Å². The van der Waals surface area contributed by atoms with E-state index in [1.165, 1.54) is 6.42 Å². The fourth-order valence-corrected chi connectivity index (χ4v) is 2.72. The van der Waals surface area contributed by atoms with E-state index in [0.717, 1.165) is 43.7 Å². The zero-order valence-corrected chi connectivity index (χ0v) is 10.6. The highest BCUT2D eigenvalue weighted by Gasteiger charge is 2.27. The summed E-state index contributed by atoms with van der Waals surface area (Å²) in [5, 5.41) is 0. The molecule has 0 spiro atoms. The molecule has 17 heavy (non-hydrogen) atoms. The second-order valence-electron chi connectivity index (χ2n) is 5.07. The minimum Gasteiger partial charge on any atom is -0.299 e. The van der Waals surface area contributed by atoms with Crippen molar-refractivity contribution in [1.29, 1.82) is 0 Å². The van der Waals surface area contributed by atoms with E-state index in [9.17, 15) is 4.79 Å². The molecule has 1 saturated carbocycles. The Morgan fingerprint density at radius 3 is 3.00 bits per heavy atom. The Kier molecular flexibility index (Phi) is 4.29.